The largest absolute Gasteiger partial charge is 0.481 e. The Morgan fingerprint density at radius 2 is 2.00 bits per heavy atom. The van der Waals surface area contributed by atoms with E-state index in [0.29, 0.717) is 11.3 Å². The monoisotopic (exact) mass is 256 g/mol. The van der Waals surface area contributed by atoms with Crippen molar-refractivity contribution in [3.8, 4) is 17.9 Å². The van der Waals surface area contributed by atoms with Crippen LogP contribution in [0.5, 0.6) is 5.75 Å². The van der Waals surface area contributed by atoms with Crippen LogP contribution in [-0.4, -0.2) is 19.2 Å². The van der Waals surface area contributed by atoms with Crippen LogP contribution in [0.3, 0.4) is 0 Å². The van der Waals surface area contributed by atoms with Gasteiger partial charge >= 0.3 is 5.97 Å². The maximum Gasteiger partial charge on any atom is 0.344 e. The number of rotatable bonds is 5. The third-order valence-corrected chi connectivity index (χ3v) is 2.11. The smallest absolute Gasteiger partial charge is 0.344 e. The van der Waals surface area contributed by atoms with Crippen LogP contribution >= 0.6 is 0 Å². The van der Waals surface area contributed by atoms with Gasteiger partial charge in [0.15, 0.2) is 6.61 Å². The summed E-state index contributed by atoms with van der Waals surface area (Å²) in [5, 5.41) is 17.4. The van der Waals surface area contributed by atoms with E-state index >= 15 is 0 Å². The van der Waals surface area contributed by atoms with Gasteiger partial charge in [0.1, 0.15) is 23.5 Å². The summed E-state index contributed by atoms with van der Waals surface area (Å²) in [6, 6.07) is 10.3. The van der Waals surface area contributed by atoms with E-state index in [2.05, 4.69) is 0 Å². The molecule has 0 spiro atoms. The molecule has 0 heterocycles. The van der Waals surface area contributed by atoms with Crippen molar-refractivity contribution in [3.05, 3.63) is 35.4 Å². The SMILES string of the molecule is CCOC(=O)COc1ccccc1C=C(C#N)C#N. The minimum Gasteiger partial charge on any atom is -0.481 e. The number of allylic oxidation sites excluding steroid dienone is 1. The quantitative estimate of drug-likeness (QED) is 0.594. The number of carbonyl (C=O) groups is 1. The highest BCUT2D eigenvalue weighted by molar-refractivity contribution is 5.72. The summed E-state index contributed by atoms with van der Waals surface area (Å²) in [4.78, 5) is 11.2. The first-order valence-corrected chi connectivity index (χ1v) is 5.60. The molecular weight excluding hydrogens is 244 g/mol. The lowest BCUT2D eigenvalue weighted by molar-refractivity contribution is -0.145. The van der Waals surface area contributed by atoms with Crippen LogP contribution in [0.25, 0.3) is 6.08 Å². The van der Waals surface area contributed by atoms with Crippen LogP contribution in [0.2, 0.25) is 0 Å². The topological polar surface area (TPSA) is 83.1 Å². The van der Waals surface area contributed by atoms with E-state index in [1.165, 1.54) is 6.08 Å². The summed E-state index contributed by atoms with van der Waals surface area (Å²) in [6.45, 7) is 1.78. The molecule has 0 aliphatic heterocycles. The fourth-order valence-electron chi connectivity index (χ4n) is 1.32. The second-order valence-corrected chi connectivity index (χ2v) is 3.41. The predicted octanol–water partition coefficient (Wildman–Crippen LogP) is 2.06. The zero-order valence-corrected chi connectivity index (χ0v) is 10.4. The van der Waals surface area contributed by atoms with Gasteiger partial charge in [-0.05, 0) is 19.1 Å². The van der Waals surface area contributed by atoms with Crippen molar-refractivity contribution < 1.29 is 14.3 Å². The zero-order valence-electron chi connectivity index (χ0n) is 10.4. The lowest BCUT2D eigenvalue weighted by Crippen LogP contribution is -2.14. The molecule has 96 valence electrons. The van der Waals surface area contributed by atoms with Crippen LogP contribution < -0.4 is 4.74 Å². The Balaban J connectivity index is 2.86. The minimum absolute atomic E-state index is 0.0350. The molecule has 0 unspecified atom stereocenters. The van der Waals surface area contributed by atoms with Gasteiger partial charge in [-0.1, -0.05) is 18.2 Å². The minimum atomic E-state index is -0.470. The fourth-order valence-corrected chi connectivity index (χ4v) is 1.32. The van der Waals surface area contributed by atoms with Crippen LogP contribution in [-0.2, 0) is 9.53 Å². The van der Waals surface area contributed by atoms with Crippen molar-refractivity contribution in [3.63, 3.8) is 0 Å². The molecule has 0 bridgehead atoms. The Kier molecular flexibility index (Phi) is 5.65. The Bertz CT molecular complexity index is 549. The van der Waals surface area contributed by atoms with Gasteiger partial charge in [0, 0.05) is 5.56 Å². The lowest BCUT2D eigenvalue weighted by atomic mass is 10.1. The Morgan fingerprint density at radius 1 is 1.32 bits per heavy atom. The molecule has 0 radical (unpaired) electrons. The molecule has 0 aliphatic rings. The molecule has 0 fully saturated rings. The van der Waals surface area contributed by atoms with E-state index in [1.807, 2.05) is 0 Å². The van der Waals surface area contributed by atoms with Gasteiger partial charge in [-0.2, -0.15) is 10.5 Å². The number of carbonyl (C=O) groups excluding carboxylic acids is 1. The Morgan fingerprint density at radius 3 is 2.63 bits per heavy atom. The molecule has 0 aliphatic carbocycles. The van der Waals surface area contributed by atoms with Gasteiger partial charge in [-0.3, -0.25) is 0 Å². The molecular formula is C14H12N2O3. The molecule has 0 saturated carbocycles. The van der Waals surface area contributed by atoms with Gasteiger partial charge in [0.25, 0.3) is 0 Å². The standard InChI is InChI=1S/C14H12N2O3/c1-2-18-14(17)10-19-13-6-4-3-5-12(13)7-11(8-15)9-16/h3-7H,2,10H2,1H3. The van der Waals surface area contributed by atoms with Crippen LogP contribution in [0, 0.1) is 22.7 Å². The molecule has 0 amide bonds. The number of esters is 1. The highest BCUT2D eigenvalue weighted by atomic mass is 16.6. The molecule has 5 nitrogen and oxygen atoms in total. The molecule has 0 saturated heterocycles. The molecule has 0 atom stereocenters. The normalized spacial score (nSPS) is 8.79. The average molecular weight is 256 g/mol. The Hall–Kier alpha value is -2.79. The van der Waals surface area contributed by atoms with Gasteiger partial charge in [0.05, 0.1) is 6.61 Å². The maximum absolute atomic E-state index is 11.2. The summed E-state index contributed by atoms with van der Waals surface area (Å²) in [5.41, 5.74) is 0.525. The first-order chi connectivity index (χ1) is 9.21. The number of hydrogen-bond donors (Lipinski definition) is 0. The first kappa shape index (κ1) is 14.3. The number of ether oxygens (including phenoxy) is 2. The van der Waals surface area contributed by atoms with Crippen LogP contribution in [0.15, 0.2) is 29.8 Å². The summed E-state index contributed by atoms with van der Waals surface area (Å²) < 4.78 is 10.0. The molecule has 1 aromatic rings. The second kappa shape index (κ2) is 7.52. The highest BCUT2D eigenvalue weighted by Gasteiger charge is 2.06. The van der Waals surface area contributed by atoms with Crippen molar-refractivity contribution in [1.82, 2.24) is 0 Å². The molecule has 1 aromatic carbocycles. The van der Waals surface area contributed by atoms with Crippen molar-refractivity contribution in [2.75, 3.05) is 13.2 Å². The van der Waals surface area contributed by atoms with E-state index in [0.717, 1.165) is 0 Å². The fraction of sp³-hybridized carbons (Fsp3) is 0.214. The van der Waals surface area contributed by atoms with E-state index in [4.69, 9.17) is 20.0 Å². The summed E-state index contributed by atoms with van der Waals surface area (Å²) in [6.07, 6.45) is 1.40. The van der Waals surface area contributed by atoms with Crippen LogP contribution in [0.1, 0.15) is 12.5 Å². The average Bonchev–Trinajstić information content (AvgIpc) is 2.44. The van der Waals surface area contributed by atoms with Gasteiger partial charge in [-0.25, -0.2) is 4.79 Å². The number of nitrogens with zero attached hydrogens (tertiary/aromatic N) is 2. The molecule has 1 rings (SSSR count). The molecule has 19 heavy (non-hydrogen) atoms. The van der Waals surface area contributed by atoms with Gasteiger partial charge in [0.2, 0.25) is 0 Å². The maximum atomic E-state index is 11.2. The van der Waals surface area contributed by atoms with Crippen molar-refractivity contribution >= 4 is 12.0 Å². The summed E-state index contributed by atoms with van der Waals surface area (Å²) >= 11 is 0. The third kappa shape index (κ3) is 4.53. The molecule has 0 aromatic heterocycles. The number of hydrogen-bond acceptors (Lipinski definition) is 5. The van der Waals surface area contributed by atoms with Crippen molar-refractivity contribution in [1.29, 1.82) is 10.5 Å². The number of benzene rings is 1. The van der Waals surface area contributed by atoms with Crippen molar-refractivity contribution in [2.24, 2.45) is 0 Å². The lowest BCUT2D eigenvalue weighted by Gasteiger charge is -2.08. The van der Waals surface area contributed by atoms with Crippen molar-refractivity contribution in [2.45, 2.75) is 6.92 Å². The van der Waals surface area contributed by atoms with E-state index < -0.39 is 5.97 Å². The Labute approximate surface area is 111 Å². The highest BCUT2D eigenvalue weighted by Crippen LogP contribution is 2.20. The summed E-state index contributed by atoms with van der Waals surface area (Å²) in [7, 11) is 0. The second-order valence-electron chi connectivity index (χ2n) is 3.41. The summed E-state index contributed by atoms with van der Waals surface area (Å²) in [5.74, 6) is -0.0550. The van der Waals surface area contributed by atoms with Gasteiger partial charge < -0.3 is 9.47 Å². The van der Waals surface area contributed by atoms with Gasteiger partial charge in [-0.15, -0.1) is 0 Å². The van der Waals surface area contributed by atoms with E-state index in [9.17, 15) is 4.79 Å². The molecule has 5 heteroatoms. The van der Waals surface area contributed by atoms with E-state index in [-0.39, 0.29) is 18.8 Å². The van der Waals surface area contributed by atoms with E-state index in [1.54, 1.807) is 43.3 Å². The van der Waals surface area contributed by atoms with Crippen LogP contribution in [0.4, 0.5) is 0 Å². The molecule has 0 N–H and O–H groups in total. The first-order valence-electron chi connectivity index (χ1n) is 5.60. The number of nitriles is 2. The third-order valence-electron chi connectivity index (χ3n) is 2.11. The zero-order chi connectivity index (χ0) is 14.1. The number of para-hydroxylation sites is 1. The predicted molar refractivity (Wildman–Crippen MR) is 67.8 cm³/mol.